The van der Waals surface area contributed by atoms with Gasteiger partial charge in [0.25, 0.3) is 0 Å². The summed E-state index contributed by atoms with van der Waals surface area (Å²) in [6.07, 6.45) is 0. The summed E-state index contributed by atoms with van der Waals surface area (Å²) < 4.78 is 12.5. The first-order valence-corrected chi connectivity index (χ1v) is 11.1. The molecule has 2 aromatic carbocycles. The molecule has 2 nitrogen and oxygen atoms in total. The number of hydrogen-bond donors (Lipinski definition) is 1. The Labute approximate surface area is 134 Å². The lowest BCUT2D eigenvalue weighted by atomic mass is 10.2. The third kappa shape index (κ3) is 4.65. The van der Waals surface area contributed by atoms with Crippen molar-refractivity contribution in [2.24, 2.45) is 0 Å². The van der Waals surface area contributed by atoms with Crippen LogP contribution in [0.3, 0.4) is 0 Å². The molecule has 0 fully saturated rings. The maximum Gasteiger partial charge on any atom is 0.320 e. The van der Waals surface area contributed by atoms with Crippen LogP contribution in [0.25, 0.3) is 0 Å². The van der Waals surface area contributed by atoms with E-state index < -0.39 is 5.77 Å². The second kappa shape index (κ2) is 6.62. The van der Waals surface area contributed by atoms with Crippen molar-refractivity contribution >= 4 is 28.5 Å². The Balaban J connectivity index is 2.20. The molecule has 0 saturated heterocycles. The van der Waals surface area contributed by atoms with Crippen molar-refractivity contribution in [2.75, 3.05) is 0 Å². The molecule has 0 bridgehead atoms. The summed E-state index contributed by atoms with van der Waals surface area (Å²) in [4.78, 5) is 12.0. The molecule has 2 rings (SSSR count). The van der Waals surface area contributed by atoms with E-state index >= 15 is 0 Å². The molecule has 5 heteroatoms. The molecule has 0 aliphatic carbocycles. The molecule has 1 N–H and O–H groups in total. The van der Waals surface area contributed by atoms with Crippen LogP contribution in [0.4, 0.5) is 0 Å². The summed E-state index contributed by atoms with van der Waals surface area (Å²) in [6.45, 7) is 7.98. The lowest BCUT2D eigenvalue weighted by Gasteiger charge is -2.14. The fraction of sp³-hybridized carbons (Fsp3) is 0.250. The SMILES string of the molecule is Cc1ccc(SP(=O)(O)Sc2ccc(C)cc2C)c(C)c1. The normalized spacial score (nSPS) is 11.7. The Morgan fingerprint density at radius 3 is 1.52 bits per heavy atom. The van der Waals surface area contributed by atoms with Crippen molar-refractivity contribution in [3.05, 3.63) is 58.7 Å². The molecule has 0 aliphatic rings. The van der Waals surface area contributed by atoms with Gasteiger partial charge in [-0.3, -0.25) is 4.57 Å². The van der Waals surface area contributed by atoms with E-state index in [0.717, 1.165) is 54.8 Å². The van der Waals surface area contributed by atoms with E-state index in [9.17, 15) is 9.46 Å². The quantitative estimate of drug-likeness (QED) is 0.704. The number of benzene rings is 2. The Bertz CT molecular complexity index is 656. The number of hydrogen-bond acceptors (Lipinski definition) is 3. The Morgan fingerprint density at radius 2 is 1.19 bits per heavy atom. The maximum absolute atomic E-state index is 12.5. The molecule has 0 atom stereocenters. The number of aryl methyl sites for hydroxylation is 4. The van der Waals surface area contributed by atoms with E-state index in [4.69, 9.17) is 0 Å². The van der Waals surface area contributed by atoms with Gasteiger partial charge in [0, 0.05) is 9.79 Å². The molecule has 0 aliphatic heterocycles. The van der Waals surface area contributed by atoms with Gasteiger partial charge in [0.15, 0.2) is 0 Å². The van der Waals surface area contributed by atoms with E-state index in [1.807, 2.05) is 64.1 Å². The van der Waals surface area contributed by atoms with Crippen molar-refractivity contribution in [2.45, 2.75) is 37.5 Å². The van der Waals surface area contributed by atoms with Crippen LogP contribution < -0.4 is 0 Å². The largest absolute Gasteiger partial charge is 0.329 e. The highest BCUT2D eigenvalue weighted by molar-refractivity contribution is 8.89. The summed E-state index contributed by atoms with van der Waals surface area (Å²) in [6, 6.07) is 11.8. The zero-order valence-corrected chi connectivity index (χ0v) is 15.1. The molecule has 0 heterocycles. The highest BCUT2D eigenvalue weighted by Gasteiger charge is 2.24. The molecule has 0 amide bonds. The van der Waals surface area contributed by atoms with E-state index in [2.05, 4.69) is 0 Å². The smallest absolute Gasteiger partial charge is 0.320 e. The molecule has 21 heavy (non-hydrogen) atoms. The lowest BCUT2D eigenvalue weighted by Crippen LogP contribution is -1.83. The molecule has 0 radical (unpaired) electrons. The van der Waals surface area contributed by atoms with Crippen LogP contribution in [0.5, 0.6) is 0 Å². The van der Waals surface area contributed by atoms with Crippen molar-refractivity contribution < 1.29 is 9.46 Å². The van der Waals surface area contributed by atoms with Gasteiger partial charge in [0.1, 0.15) is 0 Å². The Morgan fingerprint density at radius 1 is 0.810 bits per heavy atom. The van der Waals surface area contributed by atoms with Crippen molar-refractivity contribution in [3.63, 3.8) is 0 Å². The summed E-state index contributed by atoms with van der Waals surface area (Å²) in [5, 5.41) is 0. The minimum Gasteiger partial charge on any atom is -0.329 e. The van der Waals surface area contributed by atoms with Crippen LogP contribution in [0.1, 0.15) is 22.3 Å². The predicted molar refractivity (Wildman–Crippen MR) is 93.4 cm³/mol. The van der Waals surface area contributed by atoms with Gasteiger partial charge < -0.3 is 4.89 Å². The van der Waals surface area contributed by atoms with Crippen molar-refractivity contribution in [3.8, 4) is 0 Å². The molecule has 0 spiro atoms. The van der Waals surface area contributed by atoms with Crippen LogP contribution in [0.2, 0.25) is 0 Å². The van der Waals surface area contributed by atoms with Gasteiger partial charge in [-0.25, -0.2) is 0 Å². The lowest BCUT2D eigenvalue weighted by molar-refractivity contribution is 0.514. The monoisotopic (exact) mass is 338 g/mol. The topological polar surface area (TPSA) is 37.3 Å². The van der Waals surface area contributed by atoms with Crippen molar-refractivity contribution in [1.29, 1.82) is 0 Å². The average molecular weight is 338 g/mol. The Kier molecular flexibility index (Phi) is 5.26. The minimum absolute atomic E-state index is 0.865. The fourth-order valence-electron chi connectivity index (χ4n) is 2.07. The van der Waals surface area contributed by atoms with Gasteiger partial charge in [-0.2, -0.15) is 0 Å². The highest BCUT2D eigenvalue weighted by Crippen LogP contribution is 2.71. The second-order valence-electron chi connectivity index (χ2n) is 5.19. The molecule has 2 aromatic rings. The second-order valence-corrected chi connectivity index (χ2v) is 12.1. The Hall–Kier alpha value is -0.670. The predicted octanol–water partition coefficient (Wildman–Crippen LogP) is 5.91. The first-order valence-electron chi connectivity index (χ1n) is 6.63. The minimum atomic E-state index is -3.39. The summed E-state index contributed by atoms with van der Waals surface area (Å²) >= 11 is 2.13. The van der Waals surface area contributed by atoms with Gasteiger partial charge in [0.2, 0.25) is 0 Å². The molecule has 112 valence electrons. The van der Waals surface area contributed by atoms with E-state index in [-0.39, 0.29) is 0 Å². The number of rotatable bonds is 4. The molecule has 0 saturated carbocycles. The third-order valence-corrected chi connectivity index (χ3v) is 8.77. The van der Waals surface area contributed by atoms with Crippen LogP contribution in [0.15, 0.2) is 46.2 Å². The molecular formula is C16H19O2PS2. The summed E-state index contributed by atoms with van der Waals surface area (Å²) in [5.74, 6) is -3.39. The third-order valence-electron chi connectivity index (χ3n) is 3.09. The first-order chi connectivity index (χ1) is 9.77. The van der Waals surface area contributed by atoms with Crippen LogP contribution in [0, 0.1) is 27.7 Å². The first kappa shape index (κ1) is 16.7. The van der Waals surface area contributed by atoms with Gasteiger partial charge in [0.05, 0.1) is 0 Å². The summed E-state index contributed by atoms with van der Waals surface area (Å²) in [5.41, 5.74) is 4.39. The van der Waals surface area contributed by atoms with E-state index in [1.165, 1.54) is 0 Å². The highest BCUT2D eigenvalue weighted by atomic mass is 33.1. The zero-order valence-electron chi connectivity index (χ0n) is 12.6. The standard InChI is InChI=1S/C16H19O2PS2/c1-11-5-7-15(13(3)9-11)20-19(17,18)21-16-8-6-12(2)10-14(16)4/h5-10H,1-4H3,(H,17,18). The molecular weight excluding hydrogens is 319 g/mol. The zero-order chi connectivity index (χ0) is 15.6. The van der Waals surface area contributed by atoms with Gasteiger partial charge in [-0.1, -0.05) is 35.4 Å². The summed E-state index contributed by atoms with van der Waals surface area (Å²) in [7, 11) is 0. The van der Waals surface area contributed by atoms with Crippen LogP contribution >= 0.6 is 28.5 Å². The van der Waals surface area contributed by atoms with Crippen molar-refractivity contribution in [1.82, 2.24) is 0 Å². The van der Waals surface area contributed by atoms with Gasteiger partial charge in [-0.05, 0) is 73.7 Å². The van der Waals surface area contributed by atoms with Gasteiger partial charge in [-0.15, -0.1) is 0 Å². The maximum atomic E-state index is 12.5. The van der Waals surface area contributed by atoms with E-state index in [1.54, 1.807) is 0 Å². The van der Waals surface area contributed by atoms with Crippen LogP contribution in [-0.2, 0) is 4.57 Å². The molecule has 0 unspecified atom stereocenters. The fourth-order valence-corrected chi connectivity index (χ4v) is 7.88. The van der Waals surface area contributed by atoms with Crippen LogP contribution in [-0.4, -0.2) is 4.89 Å². The average Bonchev–Trinajstić information content (AvgIpc) is 2.36. The van der Waals surface area contributed by atoms with E-state index in [0.29, 0.717) is 0 Å². The van der Waals surface area contributed by atoms with Gasteiger partial charge >= 0.3 is 5.77 Å². The molecule has 0 aromatic heterocycles.